The molecule has 19 heavy (non-hydrogen) atoms. The van der Waals surface area contributed by atoms with Crippen molar-refractivity contribution in [3.63, 3.8) is 0 Å². The number of aryl methyl sites for hydroxylation is 1. The van der Waals surface area contributed by atoms with Gasteiger partial charge in [-0.25, -0.2) is 4.98 Å². The second-order valence-corrected chi connectivity index (χ2v) is 5.39. The molecule has 2 unspecified atom stereocenters. The van der Waals surface area contributed by atoms with E-state index in [-0.39, 0.29) is 0 Å². The molecule has 0 bridgehead atoms. The second-order valence-electron chi connectivity index (χ2n) is 5.39. The fourth-order valence-corrected chi connectivity index (χ4v) is 3.16. The van der Waals surface area contributed by atoms with Crippen LogP contribution in [0, 0.1) is 12.8 Å². The van der Waals surface area contributed by atoms with Crippen molar-refractivity contribution < 1.29 is 4.74 Å². The number of imidazole rings is 1. The van der Waals surface area contributed by atoms with E-state index in [0.717, 1.165) is 31.5 Å². The molecule has 1 saturated heterocycles. The molecule has 1 aromatic heterocycles. The zero-order chi connectivity index (χ0) is 13.4. The highest BCUT2D eigenvalue weighted by Gasteiger charge is 2.28. The zero-order valence-corrected chi connectivity index (χ0v) is 11.6. The molecule has 102 valence electrons. The first-order valence-corrected chi connectivity index (χ1v) is 7.03. The van der Waals surface area contributed by atoms with Gasteiger partial charge in [-0.3, -0.25) is 0 Å². The lowest BCUT2D eigenvalue weighted by Crippen LogP contribution is -2.21. The molecular formula is C15H21N3O. The van der Waals surface area contributed by atoms with E-state index >= 15 is 0 Å². The lowest BCUT2D eigenvalue weighted by atomic mass is 9.99. The molecular weight excluding hydrogens is 238 g/mol. The smallest absolute Gasteiger partial charge is 0.201 e. The van der Waals surface area contributed by atoms with Crippen LogP contribution in [-0.4, -0.2) is 22.3 Å². The normalized spacial score (nSPS) is 23.3. The third-order valence-electron chi connectivity index (χ3n) is 4.16. The Balaban J connectivity index is 1.98. The maximum absolute atomic E-state index is 6.10. The fraction of sp³-hybridized carbons (Fsp3) is 0.533. The average Bonchev–Trinajstić information content (AvgIpc) is 2.96. The monoisotopic (exact) mass is 259 g/mol. The number of rotatable bonds is 3. The molecule has 4 heteroatoms. The van der Waals surface area contributed by atoms with Gasteiger partial charge in [-0.1, -0.05) is 19.1 Å². The number of fused-ring (bicyclic) bond motifs is 1. The highest BCUT2D eigenvalue weighted by atomic mass is 16.5. The Morgan fingerprint density at radius 3 is 3.11 bits per heavy atom. The third kappa shape index (κ3) is 2.10. The van der Waals surface area contributed by atoms with Crippen molar-refractivity contribution >= 4 is 17.0 Å². The molecule has 0 amide bonds. The molecule has 1 aliphatic heterocycles. The van der Waals surface area contributed by atoms with Crippen LogP contribution in [0.25, 0.3) is 11.0 Å². The van der Waals surface area contributed by atoms with Crippen molar-refractivity contribution in [2.75, 3.05) is 12.3 Å². The van der Waals surface area contributed by atoms with Crippen LogP contribution in [0.4, 0.5) is 5.95 Å². The number of hydrogen-bond acceptors (Lipinski definition) is 3. The molecule has 3 rings (SSSR count). The number of anilines is 1. The second kappa shape index (κ2) is 4.85. The van der Waals surface area contributed by atoms with E-state index in [1.165, 1.54) is 11.1 Å². The first-order chi connectivity index (χ1) is 9.20. The summed E-state index contributed by atoms with van der Waals surface area (Å²) in [6.45, 7) is 6.08. The summed E-state index contributed by atoms with van der Waals surface area (Å²) in [6.07, 6.45) is 2.54. The van der Waals surface area contributed by atoms with Crippen LogP contribution in [0.15, 0.2) is 18.2 Å². The summed E-state index contributed by atoms with van der Waals surface area (Å²) in [5.41, 5.74) is 9.49. The lowest BCUT2D eigenvalue weighted by Gasteiger charge is -2.18. The Morgan fingerprint density at radius 2 is 2.32 bits per heavy atom. The fourth-order valence-electron chi connectivity index (χ4n) is 3.16. The van der Waals surface area contributed by atoms with Gasteiger partial charge >= 0.3 is 0 Å². The van der Waals surface area contributed by atoms with Crippen molar-refractivity contribution in [2.45, 2.75) is 39.3 Å². The molecule has 0 radical (unpaired) electrons. The Bertz CT molecular complexity index is 590. The molecule has 2 heterocycles. The summed E-state index contributed by atoms with van der Waals surface area (Å²) in [5.74, 6) is 1.16. The number of nitrogen functional groups attached to an aromatic ring is 1. The van der Waals surface area contributed by atoms with E-state index in [1.807, 2.05) is 12.1 Å². The van der Waals surface area contributed by atoms with Crippen molar-refractivity contribution in [3.05, 3.63) is 23.8 Å². The number of benzene rings is 1. The van der Waals surface area contributed by atoms with Gasteiger partial charge in [0.05, 0.1) is 17.1 Å². The number of hydrogen-bond donors (Lipinski definition) is 1. The van der Waals surface area contributed by atoms with E-state index in [2.05, 4.69) is 29.5 Å². The van der Waals surface area contributed by atoms with Gasteiger partial charge in [0.15, 0.2) is 0 Å². The van der Waals surface area contributed by atoms with Crippen molar-refractivity contribution in [3.8, 4) is 0 Å². The summed E-state index contributed by atoms with van der Waals surface area (Å²) in [6, 6.07) is 6.17. The first kappa shape index (κ1) is 12.5. The van der Waals surface area contributed by atoms with Gasteiger partial charge < -0.3 is 15.0 Å². The molecule has 2 N–H and O–H groups in total. The minimum absolute atomic E-state index is 0.362. The van der Waals surface area contributed by atoms with Crippen LogP contribution in [0.2, 0.25) is 0 Å². The Morgan fingerprint density at radius 1 is 1.47 bits per heavy atom. The summed E-state index contributed by atoms with van der Waals surface area (Å²) in [4.78, 5) is 4.47. The van der Waals surface area contributed by atoms with E-state index < -0.39 is 0 Å². The zero-order valence-electron chi connectivity index (χ0n) is 11.6. The molecule has 1 aliphatic rings. The largest absolute Gasteiger partial charge is 0.378 e. The Hall–Kier alpha value is -1.55. The van der Waals surface area contributed by atoms with Crippen LogP contribution < -0.4 is 5.73 Å². The summed E-state index contributed by atoms with van der Waals surface area (Å²) in [7, 11) is 0. The molecule has 2 aromatic rings. The number of para-hydroxylation sites is 1. The van der Waals surface area contributed by atoms with Crippen LogP contribution in [0.1, 0.15) is 25.3 Å². The van der Waals surface area contributed by atoms with Crippen molar-refractivity contribution in [1.29, 1.82) is 0 Å². The van der Waals surface area contributed by atoms with Crippen LogP contribution in [0.3, 0.4) is 0 Å². The Kier molecular flexibility index (Phi) is 3.19. The molecule has 1 fully saturated rings. The van der Waals surface area contributed by atoms with E-state index in [0.29, 0.717) is 18.0 Å². The van der Waals surface area contributed by atoms with E-state index in [9.17, 15) is 0 Å². The predicted octanol–water partition coefficient (Wildman–Crippen LogP) is 2.74. The molecule has 4 nitrogen and oxygen atoms in total. The van der Waals surface area contributed by atoms with Crippen LogP contribution in [0.5, 0.6) is 0 Å². The highest BCUT2D eigenvalue weighted by molar-refractivity contribution is 5.81. The van der Waals surface area contributed by atoms with E-state index in [1.54, 1.807) is 0 Å². The van der Waals surface area contributed by atoms with Crippen molar-refractivity contribution in [2.24, 2.45) is 5.92 Å². The minimum atomic E-state index is 0.362. The summed E-state index contributed by atoms with van der Waals surface area (Å²) in [5, 5.41) is 0. The number of aromatic nitrogens is 2. The van der Waals surface area contributed by atoms with Crippen LogP contribution in [-0.2, 0) is 11.3 Å². The molecule has 0 aliphatic carbocycles. The number of nitrogens with zero attached hydrogens (tertiary/aromatic N) is 2. The number of nitrogens with two attached hydrogens (primary N) is 1. The van der Waals surface area contributed by atoms with Gasteiger partial charge in [-0.05, 0) is 31.4 Å². The maximum atomic E-state index is 6.10. The lowest BCUT2D eigenvalue weighted by molar-refractivity contribution is 0.0839. The van der Waals surface area contributed by atoms with Gasteiger partial charge in [0, 0.05) is 19.1 Å². The van der Waals surface area contributed by atoms with E-state index in [4.69, 9.17) is 10.5 Å². The highest BCUT2D eigenvalue weighted by Crippen LogP contribution is 2.29. The molecule has 0 spiro atoms. The van der Waals surface area contributed by atoms with Gasteiger partial charge in [0.1, 0.15) is 0 Å². The third-order valence-corrected chi connectivity index (χ3v) is 4.16. The topological polar surface area (TPSA) is 53.1 Å². The minimum Gasteiger partial charge on any atom is -0.378 e. The molecule has 0 saturated carbocycles. The predicted molar refractivity (Wildman–Crippen MR) is 77.0 cm³/mol. The molecule has 1 aromatic carbocycles. The quantitative estimate of drug-likeness (QED) is 0.922. The van der Waals surface area contributed by atoms with Gasteiger partial charge in [-0.15, -0.1) is 0 Å². The Labute approximate surface area is 113 Å². The SMILES string of the molecule is CCC1OCCC1Cn1c(N)nc2cccc(C)c21. The molecule has 2 atom stereocenters. The average molecular weight is 259 g/mol. The summed E-state index contributed by atoms with van der Waals surface area (Å²) >= 11 is 0. The van der Waals surface area contributed by atoms with Crippen molar-refractivity contribution in [1.82, 2.24) is 9.55 Å². The van der Waals surface area contributed by atoms with Gasteiger partial charge in [0.2, 0.25) is 5.95 Å². The standard InChI is InChI=1S/C15H21N3O/c1-3-13-11(7-8-19-13)9-18-14-10(2)5-4-6-12(14)17-15(18)16/h4-6,11,13H,3,7-9H2,1-2H3,(H2,16,17). The first-order valence-electron chi connectivity index (χ1n) is 7.03. The maximum Gasteiger partial charge on any atom is 0.201 e. The van der Waals surface area contributed by atoms with Gasteiger partial charge in [0.25, 0.3) is 0 Å². The number of ether oxygens (including phenoxy) is 1. The summed E-state index contributed by atoms with van der Waals surface area (Å²) < 4.78 is 7.93. The van der Waals surface area contributed by atoms with Gasteiger partial charge in [-0.2, -0.15) is 0 Å². The van der Waals surface area contributed by atoms with Crippen LogP contribution >= 0.6 is 0 Å².